The van der Waals surface area contributed by atoms with E-state index in [-0.39, 0.29) is 6.54 Å². The van der Waals surface area contributed by atoms with E-state index < -0.39 is 15.9 Å². The van der Waals surface area contributed by atoms with Crippen LogP contribution in [-0.4, -0.2) is 37.9 Å². The summed E-state index contributed by atoms with van der Waals surface area (Å²) in [4.78, 5) is 12.4. The van der Waals surface area contributed by atoms with Gasteiger partial charge in [-0.3, -0.25) is 9.10 Å². The predicted octanol–water partition coefficient (Wildman–Crippen LogP) is 3.97. The van der Waals surface area contributed by atoms with Crippen molar-refractivity contribution in [2.75, 3.05) is 17.1 Å². The first kappa shape index (κ1) is 23.6. The largest absolute Gasteiger partial charge is 0.316 e. The summed E-state index contributed by atoms with van der Waals surface area (Å²) in [6.45, 7) is 5.41. The zero-order chi connectivity index (χ0) is 23.5. The van der Waals surface area contributed by atoms with Crippen LogP contribution in [-0.2, 0) is 14.8 Å². The molecular weight excluding hydrogens is 448 g/mol. The third-order valence-electron chi connectivity index (χ3n) is 4.97. The van der Waals surface area contributed by atoms with Crippen LogP contribution >= 0.6 is 11.6 Å². The maximum atomic E-state index is 12.4. The Balaban J connectivity index is 1.74. The van der Waals surface area contributed by atoms with Crippen LogP contribution in [0.25, 0.3) is 5.69 Å². The van der Waals surface area contributed by atoms with Gasteiger partial charge in [0.2, 0.25) is 10.0 Å². The van der Waals surface area contributed by atoms with Gasteiger partial charge in [-0.1, -0.05) is 41.4 Å². The average molecular weight is 473 g/mol. The molecule has 0 radical (unpaired) electrons. The summed E-state index contributed by atoms with van der Waals surface area (Å²) < 4.78 is 27.4. The predicted molar refractivity (Wildman–Crippen MR) is 129 cm³/mol. The van der Waals surface area contributed by atoms with Gasteiger partial charge in [-0.25, -0.2) is 13.8 Å². The Hall–Kier alpha value is -3.10. The number of aromatic nitrogens is 1. The van der Waals surface area contributed by atoms with Crippen molar-refractivity contribution in [1.29, 1.82) is 0 Å². The molecule has 0 unspecified atom stereocenters. The Morgan fingerprint density at radius 3 is 2.41 bits per heavy atom. The molecule has 32 heavy (non-hydrogen) atoms. The molecule has 168 valence electrons. The number of amides is 1. The highest BCUT2D eigenvalue weighted by Crippen LogP contribution is 2.25. The van der Waals surface area contributed by atoms with Crippen LogP contribution in [0.3, 0.4) is 0 Å². The molecule has 3 aromatic rings. The molecule has 1 heterocycles. The van der Waals surface area contributed by atoms with E-state index in [2.05, 4.69) is 10.5 Å². The molecule has 0 atom stereocenters. The van der Waals surface area contributed by atoms with Gasteiger partial charge < -0.3 is 4.57 Å². The Bertz CT molecular complexity index is 1260. The lowest BCUT2D eigenvalue weighted by Crippen LogP contribution is -2.39. The van der Waals surface area contributed by atoms with Gasteiger partial charge in [-0.2, -0.15) is 5.10 Å². The van der Waals surface area contributed by atoms with Crippen LogP contribution in [0, 0.1) is 20.8 Å². The van der Waals surface area contributed by atoms with Gasteiger partial charge in [0.25, 0.3) is 5.91 Å². The minimum absolute atomic E-state index is 0.377. The smallest absolute Gasteiger partial charge is 0.260 e. The molecule has 0 saturated heterocycles. The quantitative estimate of drug-likeness (QED) is 0.417. The maximum absolute atomic E-state index is 12.4. The van der Waals surface area contributed by atoms with Crippen LogP contribution in [0.4, 0.5) is 5.69 Å². The van der Waals surface area contributed by atoms with E-state index >= 15 is 0 Å². The summed E-state index contributed by atoms with van der Waals surface area (Å²) in [6, 6.07) is 16.4. The van der Waals surface area contributed by atoms with Crippen LogP contribution < -0.4 is 9.73 Å². The SMILES string of the molecule is Cc1ccc(N(CC(=O)N/N=C/c2cc(C)n(-c3ccccc3Cl)c2C)S(C)(=O)=O)cc1. The van der Waals surface area contributed by atoms with Crippen molar-refractivity contribution in [3.8, 4) is 5.69 Å². The fraction of sp³-hybridized carbons (Fsp3) is 0.217. The van der Waals surface area contributed by atoms with Crippen LogP contribution in [0.15, 0.2) is 59.7 Å². The maximum Gasteiger partial charge on any atom is 0.260 e. The van der Waals surface area contributed by atoms with E-state index in [1.165, 1.54) is 6.21 Å². The molecule has 7 nitrogen and oxygen atoms in total. The first-order valence-electron chi connectivity index (χ1n) is 9.88. The zero-order valence-electron chi connectivity index (χ0n) is 18.3. The number of carbonyl (C=O) groups excluding carboxylic acids is 1. The lowest BCUT2D eigenvalue weighted by atomic mass is 10.2. The van der Waals surface area contributed by atoms with Gasteiger partial charge in [0.15, 0.2) is 0 Å². The summed E-state index contributed by atoms with van der Waals surface area (Å²) in [5, 5.41) is 4.65. The number of nitrogens with one attached hydrogen (secondary N) is 1. The van der Waals surface area contributed by atoms with E-state index in [1.54, 1.807) is 24.3 Å². The Morgan fingerprint density at radius 2 is 1.78 bits per heavy atom. The Morgan fingerprint density at radius 1 is 1.12 bits per heavy atom. The summed E-state index contributed by atoms with van der Waals surface area (Å²) in [6.07, 6.45) is 2.59. The number of rotatable bonds is 7. The second-order valence-electron chi connectivity index (χ2n) is 7.51. The molecule has 0 aliphatic heterocycles. The molecule has 0 fully saturated rings. The molecule has 1 N–H and O–H groups in total. The minimum atomic E-state index is -3.64. The van der Waals surface area contributed by atoms with Crippen LogP contribution in [0.1, 0.15) is 22.5 Å². The molecule has 3 rings (SSSR count). The van der Waals surface area contributed by atoms with Crippen molar-refractivity contribution in [3.05, 3.63) is 82.1 Å². The molecule has 0 aliphatic carbocycles. The highest BCUT2D eigenvalue weighted by molar-refractivity contribution is 7.92. The van der Waals surface area contributed by atoms with Gasteiger partial charge in [0.05, 0.1) is 28.9 Å². The highest BCUT2D eigenvalue weighted by atomic mass is 35.5. The van der Waals surface area contributed by atoms with E-state index in [0.29, 0.717) is 10.7 Å². The summed E-state index contributed by atoms with van der Waals surface area (Å²) >= 11 is 6.34. The van der Waals surface area contributed by atoms with Gasteiger partial charge in [0.1, 0.15) is 6.54 Å². The number of nitrogens with zero attached hydrogens (tertiary/aromatic N) is 3. The Kier molecular flexibility index (Phi) is 7.06. The molecule has 1 amide bonds. The van der Waals surface area contributed by atoms with Crippen molar-refractivity contribution in [3.63, 3.8) is 0 Å². The number of carbonyl (C=O) groups is 1. The average Bonchev–Trinajstić information content (AvgIpc) is 3.00. The zero-order valence-corrected chi connectivity index (χ0v) is 19.9. The fourth-order valence-electron chi connectivity index (χ4n) is 3.37. The fourth-order valence-corrected chi connectivity index (χ4v) is 4.45. The van der Waals surface area contributed by atoms with Gasteiger partial charge in [-0.05, 0) is 51.1 Å². The second kappa shape index (κ2) is 9.58. The molecule has 0 saturated carbocycles. The second-order valence-corrected chi connectivity index (χ2v) is 9.83. The molecule has 0 spiro atoms. The molecular formula is C23H25ClN4O3S. The number of benzene rings is 2. The molecule has 0 aliphatic rings. The van der Waals surface area contributed by atoms with E-state index in [9.17, 15) is 13.2 Å². The lowest BCUT2D eigenvalue weighted by molar-refractivity contribution is -0.119. The number of sulfonamides is 1. The molecule has 9 heteroatoms. The third kappa shape index (κ3) is 5.38. The van der Waals surface area contributed by atoms with E-state index in [0.717, 1.165) is 38.8 Å². The van der Waals surface area contributed by atoms with E-state index in [4.69, 9.17) is 11.6 Å². The molecule has 2 aromatic carbocycles. The standard InChI is InChI=1S/C23H25ClN4O3S/c1-16-9-11-20(12-10-16)27(32(4,30)31)15-23(29)26-25-14-19-13-17(2)28(18(19)3)22-8-6-5-7-21(22)24/h5-14H,15H2,1-4H3,(H,26,29)/b25-14+. The number of hydrazone groups is 1. The van der Waals surface area contributed by atoms with Gasteiger partial charge >= 0.3 is 0 Å². The third-order valence-corrected chi connectivity index (χ3v) is 6.43. The lowest BCUT2D eigenvalue weighted by Gasteiger charge is -2.21. The minimum Gasteiger partial charge on any atom is -0.316 e. The summed E-state index contributed by atoms with van der Waals surface area (Å²) in [5.74, 6) is -0.549. The van der Waals surface area contributed by atoms with Crippen molar-refractivity contribution >= 4 is 39.4 Å². The topological polar surface area (TPSA) is 83.8 Å². The number of para-hydroxylation sites is 1. The van der Waals surface area contributed by atoms with Gasteiger partial charge in [-0.15, -0.1) is 0 Å². The number of aryl methyl sites for hydroxylation is 2. The number of halogens is 1. The Labute approximate surface area is 193 Å². The first-order chi connectivity index (χ1) is 15.1. The number of hydrogen-bond donors (Lipinski definition) is 1. The van der Waals surface area contributed by atoms with Crippen molar-refractivity contribution in [2.24, 2.45) is 5.10 Å². The summed E-state index contributed by atoms with van der Waals surface area (Å²) in [5.41, 5.74) is 7.35. The van der Waals surface area contributed by atoms with Crippen molar-refractivity contribution in [1.82, 2.24) is 9.99 Å². The van der Waals surface area contributed by atoms with Crippen LogP contribution in [0.5, 0.6) is 0 Å². The van der Waals surface area contributed by atoms with E-state index in [1.807, 2.05) is 55.7 Å². The normalized spacial score (nSPS) is 11.7. The van der Waals surface area contributed by atoms with Crippen molar-refractivity contribution < 1.29 is 13.2 Å². The van der Waals surface area contributed by atoms with Crippen LogP contribution in [0.2, 0.25) is 5.02 Å². The van der Waals surface area contributed by atoms with Crippen molar-refractivity contribution in [2.45, 2.75) is 20.8 Å². The number of hydrogen-bond acceptors (Lipinski definition) is 4. The number of anilines is 1. The molecule has 1 aromatic heterocycles. The van der Waals surface area contributed by atoms with Gasteiger partial charge in [0, 0.05) is 17.0 Å². The first-order valence-corrected chi connectivity index (χ1v) is 12.1. The summed E-state index contributed by atoms with van der Waals surface area (Å²) in [7, 11) is -3.64. The molecule has 0 bridgehead atoms. The monoisotopic (exact) mass is 472 g/mol. The highest BCUT2D eigenvalue weighted by Gasteiger charge is 2.20.